The first-order valence-corrected chi connectivity index (χ1v) is 5.43. The van der Waals surface area contributed by atoms with Crippen LogP contribution in [0.4, 0.5) is 0 Å². The van der Waals surface area contributed by atoms with Crippen LogP contribution in [0.1, 0.15) is 12.8 Å². The van der Waals surface area contributed by atoms with Crippen LogP contribution >= 0.6 is 0 Å². The Morgan fingerprint density at radius 1 is 1.20 bits per heavy atom. The highest BCUT2D eigenvalue weighted by Gasteiger charge is 2.41. The molecule has 0 aromatic carbocycles. The quantitative estimate of drug-likeness (QED) is 0.574. The average Bonchev–Trinajstić information content (AvgIpc) is 2.61. The number of hydrogen-bond donors (Lipinski definition) is 2. The van der Waals surface area contributed by atoms with Gasteiger partial charge in [-0.2, -0.15) is 4.99 Å². The van der Waals surface area contributed by atoms with Crippen molar-refractivity contribution in [2.75, 3.05) is 34.2 Å². The first kappa shape index (κ1) is 10.4. The number of likely N-dealkylation sites (N-methyl/N-ethyl adjacent to an activating group) is 1. The number of likely N-dealkylation sites (tertiary alicyclic amines) is 1. The number of guanidine groups is 1. The minimum Gasteiger partial charge on any atom is -0.374 e. The second kappa shape index (κ2) is 3.81. The number of amidine groups is 1. The maximum atomic E-state index is 4.70. The van der Waals surface area contributed by atoms with E-state index in [0.29, 0.717) is 0 Å². The Kier molecular flexibility index (Phi) is 2.65. The molecule has 1 fully saturated rings. The van der Waals surface area contributed by atoms with Crippen molar-refractivity contribution in [1.29, 1.82) is 0 Å². The smallest absolute Gasteiger partial charge is 0.220 e. The maximum Gasteiger partial charge on any atom is 0.220 e. The highest BCUT2D eigenvalue weighted by atomic mass is 15.3. The SMILES string of the molecule is CNC1=NC2(CCN(C)CC2)C(NC)=N1. The molecule has 2 N–H and O–H groups in total. The lowest BCUT2D eigenvalue weighted by Crippen LogP contribution is -2.49. The zero-order valence-corrected chi connectivity index (χ0v) is 9.67. The average molecular weight is 209 g/mol. The van der Waals surface area contributed by atoms with Crippen LogP contribution in [0.25, 0.3) is 0 Å². The standard InChI is InChI=1S/C10H19N5/c1-11-8-10(14-9(12-2)13-8)4-6-15(3)7-5-10/h4-7H2,1-3H3,(H2,11,12,13,14). The summed E-state index contributed by atoms with van der Waals surface area (Å²) in [6.07, 6.45) is 2.10. The number of piperidine rings is 1. The van der Waals surface area contributed by atoms with E-state index in [-0.39, 0.29) is 5.54 Å². The van der Waals surface area contributed by atoms with Gasteiger partial charge in [-0.15, -0.1) is 0 Å². The molecule has 2 aliphatic rings. The summed E-state index contributed by atoms with van der Waals surface area (Å²) in [6.45, 7) is 2.17. The summed E-state index contributed by atoms with van der Waals surface area (Å²) in [7, 11) is 5.94. The zero-order valence-electron chi connectivity index (χ0n) is 9.67. The lowest BCUT2D eigenvalue weighted by molar-refractivity contribution is 0.231. The first-order chi connectivity index (χ1) is 7.20. The Morgan fingerprint density at radius 3 is 2.40 bits per heavy atom. The summed E-state index contributed by atoms with van der Waals surface area (Å²) in [5.74, 6) is 1.77. The summed E-state index contributed by atoms with van der Waals surface area (Å²) >= 11 is 0. The molecule has 2 aliphatic heterocycles. The third-order valence-electron chi connectivity index (χ3n) is 3.25. The Labute approximate surface area is 90.7 Å². The van der Waals surface area contributed by atoms with Gasteiger partial charge in [0, 0.05) is 27.2 Å². The molecule has 1 spiro atoms. The van der Waals surface area contributed by atoms with Gasteiger partial charge in [-0.3, -0.25) is 0 Å². The molecule has 1 saturated heterocycles. The zero-order chi connectivity index (χ0) is 10.9. The lowest BCUT2D eigenvalue weighted by Gasteiger charge is -2.35. The van der Waals surface area contributed by atoms with Crippen molar-refractivity contribution >= 4 is 11.8 Å². The molecule has 2 heterocycles. The Morgan fingerprint density at radius 2 is 1.87 bits per heavy atom. The van der Waals surface area contributed by atoms with Crippen molar-refractivity contribution < 1.29 is 0 Å². The number of rotatable bonds is 0. The van der Waals surface area contributed by atoms with E-state index in [4.69, 9.17) is 4.99 Å². The van der Waals surface area contributed by atoms with Crippen LogP contribution in [-0.4, -0.2) is 56.5 Å². The van der Waals surface area contributed by atoms with Gasteiger partial charge in [0.1, 0.15) is 11.4 Å². The molecule has 0 radical (unpaired) electrons. The molecular formula is C10H19N5. The molecule has 0 aliphatic carbocycles. The van der Waals surface area contributed by atoms with Crippen molar-refractivity contribution in [3.63, 3.8) is 0 Å². The summed E-state index contributed by atoms with van der Waals surface area (Å²) in [5, 5.41) is 6.20. The second-order valence-corrected chi connectivity index (χ2v) is 4.23. The third kappa shape index (κ3) is 1.71. The third-order valence-corrected chi connectivity index (χ3v) is 3.25. The topological polar surface area (TPSA) is 52.0 Å². The van der Waals surface area contributed by atoms with Gasteiger partial charge in [0.25, 0.3) is 0 Å². The van der Waals surface area contributed by atoms with Crippen molar-refractivity contribution in [1.82, 2.24) is 15.5 Å². The molecule has 0 unspecified atom stereocenters. The molecule has 0 amide bonds. The minimum absolute atomic E-state index is 0.0837. The lowest BCUT2D eigenvalue weighted by atomic mass is 9.87. The van der Waals surface area contributed by atoms with E-state index in [1.54, 1.807) is 0 Å². The fraction of sp³-hybridized carbons (Fsp3) is 0.800. The Hall–Kier alpha value is -1.10. The van der Waals surface area contributed by atoms with E-state index in [1.807, 2.05) is 14.1 Å². The fourth-order valence-corrected chi connectivity index (χ4v) is 2.23. The highest BCUT2D eigenvalue weighted by Crippen LogP contribution is 2.30. The predicted molar refractivity (Wildman–Crippen MR) is 62.5 cm³/mol. The van der Waals surface area contributed by atoms with Crippen LogP contribution in [-0.2, 0) is 0 Å². The van der Waals surface area contributed by atoms with Gasteiger partial charge in [-0.05, 0) is 19.9 Å². The molecular weight excluding hydrogens is 190 g/mol. The van der Waals surface area contributed by atoms with Crippen molar-refractivity contribution in [3.05, 3.63) is 0 Å². The molecule has 0 saturated carbocycles. The summed E-state index contributed by atoms with van der Waals surface area (Å²) < 4.78 is 0. The number of nitrogens with one attached hydrogen (secondary N) is 2. The summed E-state index contributed by atoms with van der Waals surface area (Å²) in [5.41, 5.74) is -0.0837. The van der Waals surface area contributed by atoms with Crippen molar-refractivity contribution in [3.8, 4) is 0 Å². The van der Waals surface area contributed by atoms with E-state index < -0.39 is 0 Å². The van der Waals surface area contributed by atoms with E-state index in [1.165, 1.54) is 0 Å². The van der Waals surface area contributed by atoms with Gasteiger partial charge in [0.15, 0.2) is 0 Å². The van der Waals surface area contributed by atoms with Gasteiger partial charge in [0.05, 0.1) is 0 Å². The number of aliphatic imine (C=N–C) groups is 2. The largest absolute Gasteiger partial charge is 0.374 e. The van der Waals surface area contributed by atoms with E-state index >= 15 is 0 Å². The Balaban J connectivity index is 2.20. The Bertz CT molecular complexity index is 299. The monoisotopic (exact) mass is 209 g/mol. The molecule has 2 rings (SSSR count). The second-order valence-electron chi connectivity index (χ2n) is 4.23. The summed E-state index contributed by atoms with van der Waals surface area (Å²) in [4.78, 5) is 11.5. The molecule has 0 atom stereocenters. The van der Waals surface area contributed by atoms with Crippen molar-refractivity contribution in [2.24, 2.45) is 9.98 Å². The van der Waals surface area contributed by atoms with Gasteiger partial charge in [-0.1, -0.05) is 0 Å². The highest BCUT2D eigenvalue weighted by molar-refractivity contribution is 6.06. The number of hydrogen-bond acceptors (Lipinski definition) is 5. The summed E-state index contributed by atoms with van der Waals surface area (Å²) in [6, 6.07) is 0. The van der Waals surface area contributed by atoms with Gasteiger partial charge in [-0.25, -0.2) is 4.99 Å². The normalized spacial score (nSPS) is 25.0. The fourth-order valence-electron chi connectivity index (χ4n) is 2.23. The molecule has 0 aromatic rings. The van der Waals surface area contributed by atoms with Gasteiger partial charge in [0.2, 0.25) is 5.96 Å². The van der Waals surface area contributed by atoms with Crippen molar-refractivity contribution in [2.45, 2.75) is 18.4 Å². The molecule has 0 bridgehead atoms. The molecule has 0 aromatic heterocycles. The van der Waals surface area contributed by atoms with Crippen LogP contribution in [0.5, 0.6) is 0 Å². The predicted octanol–water partition coefficient (Wildman–Crippen LogP) is -0.342. The molecule has 5 nitrogen and oxygen atoms in total. The van der Waals surface area contributed by atoms with E-state index in [9.17, 15) is 0 Å². The van der Waals surface area contributed by atoms with Gasteiger partial charge >= 0.3 is 0 Å². The van der Waals surface area contributed by atoms with E-state index in [2.05, 4.69) is 27.6 Å². The molecule has 15 heavy (non-hydrogen) atoms. The van der Waals surface area contributed by atoms with Crippen LogP contribution in [0.2, 0.25) is 0 Å². The van der Waals surface area contributed by atoms with Crippen LogP contribution in [0.3, 0.4) is 0 Å². The van der Waals surface area contributed by atoms with Crippen LogP contribution in [0, 0.1) is 0 Å². The molecule has 84 valence electrons. The first-order valence-electron chi connectivity index (χ1n) is 5.43. The number of nitrogens with zero attached hydrogens (tertiary/aromatic N) is 3. The molecule has 5 heteroatoms. The van der Waals surface area contributed by atoms with Crippen LogP contribution < -0.4 is 10.6 Å². The van der Waals surface area contributed by atoms with E-state index in [0.717, 1.165) is 37.7 Å². The van der Waals surface area contributed by atoms with Gasteiger partial charge < -0.3 is 15.5 Å². The van der Waals surface area contributed by atoms with Crippen LogP contribution in [0.15, 0.2) is 9.98 Å². The minimum atomic E-state index is -0.0837. The maximum absolute atomic E-state index is 4.70.